The number of halogens is 1. The lowest BCUT2D eigenvalue weighted by molar-refractivity contribution is 0.256. The number of benzene rings is 1. The first kappa shape index (κ1) is 15.8. The zero-order chi connectivity index (χ0) is 15.2. The highest BCUT2D eigenvalue weighted by Gasteiger charge is 2.13. The Kier molecular flexibility index (Phi) is 5.58. The molecule has 0 radical (unpaired) electrons. The fourth-order valence-corrected chi connectivity index (χ4v) is 2.48. The average molecular weight is 356 g/mol. The van der Waals surface area contributed by atoms with Gasteiger partial charge in [0.25, 0.3) is 0 Å². The van der Waals surface area contributed by atoms with Crippen LogP contribution in [0.1, 0.15) is 24.2 Å². The summed E-state index contributed by atoms with van der Waals surface area (Å²) in [6, 6.07) is 3.92. The summed E-state index contributed by atoms with van der Waals surface area (Å²) in [5.74, 6) is 2.31. The predicted molar refractivity (Wildman–Crippen MR) is 81.4 cm³/mol. The second-order valence-electron chi connectivity index (χ2n) is 4.39. The number of aryl methyl sites for hydroxylation is 1. The fraction of sp³-hybridized carbons (Fsp3) is 0.429. The van der Waals surface area contributed by atoms with Crippen LogP contribution in [-0.2, 0) is 13.0 Å². The average Bonchev–Trinajstić information content (AvgIpc) is 2.84. The summed E-state index contributed by atoms with van der Waals surface area (Å²) in [5, 5.41) is 3.80. The topological polar surface area (TPSA) is 83.4 Å². The molecule has 6 nitrogen and oxygen atoms in total. The number of hydrogen-bond acceptors (Lipinski definition) is 6. The van der Waals surface area contributed by atoms with Crippen molar-refractivity contribution in [3.8, 4) is 11.5 Å². The van der Waals surface area contributed by atoms with Crippen LogP contribution in [0.3, 0.4) is 0 Å². The minimum Gasteiger partial charge on any atom is -0.490 e. The summed E-state index contributed by atoms with van der Waals surface area (Å²) in [7, 11) is 0. The van der Waals surface area contributed by atoms with Crippen molar-refractivity contribution in [2.45, 2.75) is 26.9 Å². The molecule has 21 heavy (non-hydrogen) atoms. The van der Waals surface area contributed by atoms with Crippen molar-refractivity contribution >= 4 is 15.9 Å². The quantitative estimate of drug-likeness (QED) is 0.821. The molecule has 1 heterocycles. The molecule has 2 N–H and O–H groups in total. The molecule has 1 aromatic carbocycles. The largest absolute Gasteiger partial charge is 0.490 e. The Hall–Kier alpha value is -1.60. The van der Waals surface area contributed by atoms with Crippen LogP contribution in [0.25, 0.3) is 0 Å². The number of nitrogens with zero attached hydrogens (tertiary/aromatic N) is 2. The van der Waals surface area contributed by atoms with Gasteiger partial charge in [0.05, 0.1) is 11.1 Å². The Labute approximate surface area is 131 Å². The van der Waals surface area contributed by atoms with Gasteiger partial charge in [0.15, 0.2) is 18.1 Å². The van der Waals surface area contributed by atoms with E-state index in [1.165, 1.54) is 0 Å². The fourth-order valence-electron chi connectivity index (χ4n) is 1.87. The molecule has 0 unspecified atom stereocenters. The van der Waals surface area contributed by atoms with Crippen molar-refractivity contribution in [3.63, 3.8) is 0 Å². The maximum Gasteiger partial charge on any atom is 0.223 e. The van der Waals surface area contributed by atoms with Crippen molar-refractivity contribution in [2.24, 2.45) is 5.73 Å². The zero-order valence-corrected chi connectivity index (χ0v) is 13.6. The van der Waals surface area contributed by atoms with Gasteiger partial charge in [-0.2, -0.15) is 4.98 Å². The maximum atomic E-state index is 5.76. The molecule has 0 amide bonds. The van der Waals surface area contributed by atoms with Gasteiger partial charge in [-0.05, 0) is 53.5 Å². The molecule has 0 spiro atoms. The molecule has 0 aliphatic carbocycles. The van der Waals surface area contributed by atoms with Crippen LogP contribution in [0.15, 0.2) is 21.1 Å². The van der Waals surface area contributed by atoms with Gasteiger partial charge in [-0.15, -0.1) is 0 Å². The van der Waals surface area contributed by atoms with Gasteiger partial charge >= 0.3 is 0 Å². The summed E-state index contributed by atoms with van der Waals surface area (Å²) < 4.78 is 17.1. The summed E-state index contributed by atoms with van der Waals surface area (Å²) in [6.07, 6.45) is 0.781. The maximum absolute atomic E-state index is 5.76. The minimum atomic E-state index is 0.215. The van der Waals surface area contributed by atoms with Crippen LogP contribution < -0.4 is 15.2 Å². The number of hydrogen-bond donors (Lipinski definition) is 1. The molecule has 0 aliphatic rings. The Morgan fingerprint density at radius 3 is 2.76 bits per heavy atom. The molecule has 0 bridgehead atoms. The van der Waals surface area contributed by atoms with E-state index in [1.54, 1.807) is 6.92 Å². The van der Waals surface area contributed by atoms with Gasteiger partial charge in [0, 0.05) is 6.92 Å². The third kappa shape index (κ3) is 4.18. The Balaban J connectivity index is 2.19. The van der Waals surface area contributed by atoms with Gasteiger partial charge in [0.2, 0.25) is 11.7 Å². The Bertz CT molecular complexity index is 601. The van der Waals surface area contributed by atoms with E-state index in [4.69, 9.17) is 19.7 Å². The van der Waals surface area contributed by atoms with Crippen molar-refractivity contribution in [1.82, 2.24) is 10.1 Å². The SMILES string of the molecule is CCOc1cc(CCN)cc(Br)c1OCc1noc(C)n1. The van der Waals surface area contributed by atoms with E-state index >= 15 is 0 Å². The second-order valence-corrected chi connectivity index (χ2v) is 5.25. The number of rotatable bonds is 7. The Morgan fingerprint density at radius 2 is 2.14 bits per heavy atom. The van der Waals surface area contributed by atoms with E-state index in [1.807, 2.05) is 19.1 Å². The highest BCUT2D eigenvalue weighted by atomic mass is 79.9. The van der Waals surface area contributed by atoms with Crippen LogP contribution in [0.2, 0.25) is 0 Å². The van der Waals surface area contributed by atoms with Gasteiger partial charge in [-0.25, -0.2) is 0 Å². The van der Waals surface area contributed by atoms with Crippen LogP contribution in [0.5, 0.6) is 11.5 Å². The third-order valence-electron chi connectivity index (χ3n) is 2.72. The van der Waals surface area contributed by atoms with Crippen LogP contribution in [-0.4, -0.2) is 23.3 Å². The van der Waals surface area contributed by atoms with Crippen LogP contribution in [0, 0.1) is 6.92 Å². The first-order valence-corrected chi connectivity index (χ1v) is 7.50. The van der Waals surface area contributed by atoms with Crippen molar-refractivity contribution in [1.29, 1.82) is 0 Å². The first-order chi connectivity index (χ1) is 10.1. The second kappa shape index (κ2) is 7.42. The van der Waals surface area contributed by atoms with Crippen LogP contribution in [0.4, 0.5) is 0 Å². The number of nitrogens with two attached hydrogens (primary N) is 1. The molecule has 0 saturated heterocycles. The standard InChI is InChI=1S/C14H18BrN3O3/c1-3-19-12-7-10(4-5-16)6-11(15)14(12)20-8-13-17-9(2)21-18-13/h6-7H,3-5,8,16H2,1-2H3. The molecule has 0 atom stereocenters. The zero-order valence-electron chi connectivity index (χ0n) is 12.1. The summed E-state index contributed by atoms with van der Waals surface area (Å²) >= 11 is 3.51. The first-order valence-electron chi connectivity index (χ1n) is 6.71. The van der Waals surface area contributed by atoms with Crippen molar-refractivity contribution in [2.75, 3.05) is 13.2 Å². The van der Waals surface area contributed by atoms with Crippen molar-refractivity contribution < 1.29 is 14.0 Å². The molecule has 114 valence electrons. The predicted octanol–water partition coefficient (Wildman–Crippen LogP) is 2.62. The smallest absolute Gasteiger partial charge is 0.223 e. The lowest BCUT2D eigenvalue weighted by atomic mass is 10.1. The van der Waals surface area contributed by atoms with Crippen molar-refractivity contribution in [3.05, 3.63) is 33.9 Å². The van der Waals surface area contributed by atoms with Gasteiger partial charge in [-0.3, -0.25) is 0 Å². The molecule has 2 rings (SSSR count). The highest BCUT2D eigenvalue weighted by molar-refractivity contribution is 9.10. The van der Waals surface area contributed by atoms with E-state index in [0.29, 0.717) is 36.4 Å². The van der Waals surface area contributed by atoms with E-state index in [9.17, 15) is 0 Å². The van der Waals surface area contributed by atoms with E-state index in [2.05, 4.69) is 26.1 Å². The van der Waals surface area contributed by atoms with Crippen LogP contribution >= 0.6 is 15.9 Å². The number of ether oxygens (including phenoxy) is 2. The normalized spacial score (nSPS) is 10.7. The molecule has 2 aromatic rings. The summed E-state index contributed by atoms with van der Waals surface area (Å²) in [4.78, 5) is 4.10. The van der Waals surface area contributed by atoms with E-state index in [0.717, 1.165) is 16.5 Å². The minimum absolute atomic E-state index is 0.215. The molecule has 7 heteroatoms. The summed E-state index contributed by atoms with van der Waals surface area (Å²) in [6.45, 7) is 5.01. The number of aromatic nitrogens is 2. The summed E-state index contributed by atoms with van der Waals surface area (Å²) in [5.41, 5.74) is 6.69. The highest BCUT2D eigenvalue weighted by Crippen LogP contribution is 2.37. The lowest BCUT2D eigenvalue weighted by Crippen LogP contribution is -2.05. The molecule has 1 aromatic heterocycles. The van der Waals surface area contributed by atoms with E-state index in [-0.39, 0.29) is 6.61 Å². The van der Waals surface area contributed by atoms with Gasteiger partial charge in [0.1, 0.15) is 0 Å². The third-order valence-corrected chi connectivity index (χ3v) is 3.31. The van der Waals surface area contributed by atoms with Gasteiger partial charge < -0.3 is 19.7 Å². The molecule has 0 fully saturated rings. The molecular formula is C14H18BrN3O3. The lowest BCUT2D eigenvalue weighted by Gasteiger charge is -2.14. The molecular weight excluding hydrogens is 338 g/mol. The Morgan fingerprint density at radius 1 is 1.33 bits per heavy atom. The molecule has 0 saturated carbocycles. The van der Waals surface area contributed by atoms with E-state index < -0.39 is 0 Å². The monoisotopic (exact) mass is 355 g/mol. The molecule has 0 aliphatic heterocycles. The van der Waals surface area contributed by atoms with Gasteiger partial charge in [-0.1, -0.05) is 5.16 Å².